The molecule has 35 heavy (non-hydrogen) atoms. The van der Waals surface area contributed by atoms with Crippen molar-refractivity contribution in [1.82, 2.24) is 0 Å². The number of hydrogen-bond acceptors (Lipinski definition) is 4. The van der Waals surface area contributed by atoms with Crippen molar-refractivity contribution in [3.8, 4) is 28.0 Å². The average Bonchev–Trinajstić information content (AvgIpc) is 2.87. The largest absolute Gasteiger partial charge is 0.489 e. The van der Waals surface area contributed by atoms with E-state index >= 15 is 4.39 Å². The number of benzene rings is 3. The van der Waals surface area contributed by atoms with E-state index in [1.54, 1.807) is 31.2 Å². The first-order valence-corrected chi connectivity index (χ1v) is 12.0. The highest BCUT2D eigenvalue weighted by Gasteiger charge is 2.14. The molecule has 0 radical (unpaired) electrons. The van der Waals surface area contributed by atoms with Gasteiger partial charge in [-0.2, -0.15) is 0 Å². The number of ether oxygens (including phenoxy) is 2. The van der Waals surface area contributed by atoms with Crippen LogP contribution in [-0.2, 0) is 22.6 Å². The van der Waals surface area contributed by atoms with Gasteiger partial charge in [0.2, 0.25) is 0 Å². The van der Waals surface area contributed by atoms with Gasteiger partial charge in [0.1, 0.15) is 24.8 Å². The molecule has 3 rings (SSSR count). The second-order valence-electron chi connectivity index (χ2n) is 8.60. The smallest absolute Gasteiger partial charge is 0.333 e. The van der Waals surface area contributed by atoms with E-state index in [9.17, 15) is 9.90 Å². The van der Waals surface area contributed by atoms with Crippen LogP contribution in [0.15, 0.2) is 72.8 Å². The van der Waals surface area contributed by atoms with Crippen LogP contribution in [0.2, 0.25) is 0 Å². The van der Waals surface area contributed by atoms with Crippen LogP contribution in [0, 0.1) is 5.82 Å². The molecule has 3 aromatic carbocycles. The van der Waals surface area contributed by atoms with Crippen LogP contribution < -0.4 is 4.74 Å². The third-order valence-corrected chi connectivity index (χ3v) is 5.77. The summed E-state index contributed by atoms with van der Waals surface area (Å²) in [5.74, 6) is -0.454. The fraction of sp³-hybridized carbons (Fsp3) is 0.300. The first kappa shape index (κ1) is 26.2. The van der Waals surface area contributed by atoms with Crippen LogP contribution in [0.4, 0.5) is 4.39 Å². The highest BCUT2D eigenvalue weighted by molar-refractivity contribution is 5.86. The van der Waals surface area contributed by atoms with Gasteiger partial charge in [0.25, 0.3) is 0 Å². The van der Waals surface area contributed by atoms with E-state index in [1.165, 1.54) is 30.9 Å². The Balaban J connectivity index is 1.78. The van der Waals surface area contributed by atoms with E-state index in [2.05, 4.69) is 25.6 Å². The normalized spacial score (nSPS) is 10.7. The molecule has 0 aliphatic heterocycles. The van der Waals surface area contributed by atoms with Crippen molar-refractivity contribution >= 4 is 5.97 Å². The maximum Gasteiger partial charge on any atom is 0.333 e. The number of rotatable bonds is 12. The molecule has 0 amide bonds. The Morgan fingerprint density at radius 2 is 1.60 bits per heavy atom. The Kier molecular flexibility index (Phi) is 9.62. The lowest BCUT2D eigenvalue weighted by Crippen LogP contribution is -2.12. The summed E-state index contributed by atoms with van der Waals surface area (Å²) in [7, 11) is 0. The van der Waals surface area contributed by atoms with Crippen molar-refractivity contribution in [2.24, 2.45) is 0 Å². The van der Waals surface area contributed by atoms with E-state index in [4.69, 9.17) is 9.47 Å². The third-order valence-electron chi connectivity index (χ3n) is 5.77. The lowest BCUT2D eigenvalue weighted by atomic mass is 9.97. The van der Waals surface area contributed by atoms with Gasteiger partial charge in [-0.05, 0) is 54.2 Å². The van der Waals surface area contributed by atoms with Gasteiger partial charge in [-0.1, -0.05) is 74.9 Å². The summed E-state index contributed by atoms with van der Waals surface area (Å²) >= 11 is 0. The topological polar surface area (TPSA) is 55.8 Å². The van der Waals surface area contributed by atoms with Gasteiger partial charge in [0.15, 0.2) is 0 Å². The zero-order valence-corrected chi connectivity index (χ0v) is 20.5. The lowest BCUT2D eigenvalue weighted by Gasteiger charge is -2.15. The molecule has 1 N–H and O–H groups in total. The molecule has 0 aliphatic carbocycles. The van der Waals surface area contributed by atoms with E-state index < -0.39 is 5.97 Å². The fourth-order valence-electron chi connectivity index (χ4n) is 3.77. The summed E-state index contributed by atoms with van der Waals surface area (Å²) < 4.78 is 26.1. The molecule has 0 aromatic heterocycles. The van der Waals surface area contributed by atoms with Crippen LogP contribution in [0.3, 0.4) is 0 Å². The number of carbonyl (C=O) groups excluding carboxylic acids is 1. The number of aryl methyl sites for hydroxylation is 1. The molecule has 0 saturated heterocycles. The van der Waals surface area contributed by atoms with Crippen LogP contribution in [-0.4, -0.2) is 24.3 Å². The van der Waals surface area contributed by atoms with E-state index in [0.717, 1.165) is 17.5 Å². The highest BCUT2D eigenvalue weighted by atomic mass is 19.1. The minimum Gasteiger partial charge on any atom is -0.489 e. The first-order chi connectivity index (χ1) is 16.9. The summed E-state index contributed by atoms with van der Waals surface area (Å²) in [4.78, 5) is 11.6. The number of aliphatic hydroxyl groups excluding tert-OH is 1. The summed E-state index contributed by atoms with van der Waals surface area (Å²) in [6, 6.07) is 18.6. The van der Waals surface area contributed by atoms with Gasteiger partial charge >= 0.3 is 5.97 Å². The fourth-order valence-corrected chi connectivity index (χ4v) is 3.77. The first-order valence-electron chi connectivity index (χ1n) is 12.0. The summed E-state index contributed by atoms with van der Waals surface area (Å²) in [6.07, 6.45) is 4.65. The van der Waals surface area contributed by atoms with Crippen molar-refractivity contribution in [1.29, 1.82) is 0 Å². The van der Waals surface area contributed by atoms with Crippen molar-refractivity contribution in [2.75, 3.05) is 13.2 Å². The van der Waals surface area contributed by atoms with Gasteiger partial charge in [0.05, 0.1) is 6.61 Å². The molecule has 0 bridgehead atoms. The SMILES string of the molecule is C=C(C)C(=O)OCCOc1cc(CO)ccc1-c1ccc(-c2ccc(CCCCC)cc2)cc1F. The standard InChI is InChI=1S/C30H33FO4/c1-4-5-6-7-22-8-11-24(12-9-22)25-13-15-26(28(31)19-25)27-14-10-23(20-32)18-29(27)34-16-17-35-30(33)21(2)3/h8-15,18-19,32H,2,4-7,16-17,20H2,1,3H3. The number of hydrogen-bond donors (Lipinski definition) is 1. The summed E-state index contributed by atoms with van der Waals surface area (Å²) in [5, 5.41) is 9.52. The van der Waals surface area contributed by atoms with Crippen LogP contribution in [0.5, 0.6) is 5.75 Å². The lowest BCUT2D eigenvalue weighted by molar-refractivity contribution is -0.139. The Morgan fingerprint density at radius 1 is 0.914 bits per heavy atom. The second-order valence-corrected chi connectivity index (χ2v) is 8.60. The maximum absolute atomic E-state index is 15.3. The Bertz CT molecular complexity index is 1150. The molecule has 0 spiro atoms. The molecule has 0 unspecified atom stereocenters. The van der Waals surface area contributed by atoms with Crippen LogP contribution >= 0.6 is 0 Å². The summed E-state index contributed by atoms with van der Waals surface area (Å²) in [5.41, 5.74) is 4.94. The van der Waals surface area contributed by atoms with Gasteiger partial charge in [0, 0.05) is 16.7 Å². The van der Waals surface area contributed by atoms with Crippen LogP contribution in [0.1, 0.15) is 44.2 Å². The molecule has 3 aromatic rings. The Morgan fingerprint density at radius 3 is 2.26 bits per heavy atom. The third kappa shape index (κ3) is 7.27. The van der Waals surface area contributed by atoms with Crippen LogP contribution in [0.25, 0.3) is 22.3 Å². The van der Waals surface area contributed by atoms with Crippen molar-refractivity contribution in [2.45, 2.75) is 46.1 Å². The Hall–Kier alpha value is -3.44. The number of aliphatic hydroxyl groups is 1. The monoisotopic (exact) mass is 476 g/mol. The predicted octanol–water partition coefficient (Wildman–Crippen LogP) is 6.88. The zero-order valence-electron chi connectivity index (χ0n) is 20.5. The molecule has 0 heterocycles. The molecule has 4 nitrogen and oxygen atoms in total. The molecule has 184 valence electrons. The Labute approximate surface area is 207 Å². The van der Waals surface area contributed by atoms with Gasteiger partial charge in [-0.3, -0.25) is 0 Å². The van der Waals surface area contributed by atoms with Crippen molar-refractivity contribution in [3.63, 3.8) is 0 Å². The van der Waals surface area contributed by atoms with E-state index in [-0.39, 0.29) is 25.6 Å². The highest BCUT2D eigenvalue weighted by Crippen LogP contribution is 2.35. The minimum atomic E-state index is -0.492. The number of unbranched alkanes of at least 4 members (excludes halogenated alkanes) is 2. The van der Waals surface area contributed by atoms with Gasteiger partial charge in [-0.25, -0.2) is 9.18 Å². The molecule has 0 fully saturated rings. The van der Waals surface area contributed by atoms with Gasteiger partial charge < -0.3 is 14.6 Å². The average molecular weight is 477 g/mol. The summed E-state index contributed by atoms with van der Waals surface area (Å²) in [6.45, 7) is 7.26. The predicted molar refractivity (Wildman–Crippen MR) is 138 cm³/mol. The van der Waals surface area contributed by atoms with Crippen molar-refractivity contribution in [3.05, 3.63) is 89.8 Å². The zero-order chi connectivity index (χ0) is 25.2. The van der Waals surface area contributed by atoms with E-state index in [1.807, 2.05) is 18.2 Å². The second kappa shape index (κ2) is 12.9. The molecule has 0 atom stereocenters. The number of halogens is 1. The molecular weight excluding hydrogens is 443 g/mol. The molecular formula is C30H33FO4. The molecule has 0 aliphatic rings. The number of esters is 1. The van der Waals surface area contributed by atoms with Crippen molar-refractivity contribution < 1.29 is 23.8 Å². The molecule has 5 heteroatoms. The minimum absolute atomic E-state index is 0.0321. The quantitative estimate of drug-likeness (QED) is 0.176. The molecule has 0 saturated carbocycles. The van der Waals surface area contributed by atoms with E-state index in [0.29, 0.717) is 28.0 Å². The maximum atomic E-state index is 15.3. The number of carbonyl (C=O) groups is 1. The van der Waals surface area contributed by atoms with Gasteiger partial charge in [-0.15, -0.1) is 0 Å².